The Morgan fingerprint density at radius 1 is 0.148 bits per heavy atom. The summed E-state index contributed by atoms with van der Waals surface area (Å²) >= 11 is 0. The van der Waals surface area contributed by atoms with Crippen molar-refractivity contribution in [3.8, 4) is 33.6 Å². The summed E-state index contributed by atoms with van der Waals surface area (Å²) in [5.41, 5.74) is 12.4. The fraction of sp³-hybridized carbons (Fsp3) is 0. The van der Waals surface area contributed by atoms with Crippen LogP contribution in [0.3, 0.4) is 0 Å². The average Bonchev–Trinajstić information content (AvgIpc) is 1.50. The predicted octanol–water partition coefficient (Wildman–Crippen LogP) is 24.0. The van der Waals surface area contributed by atoms with Crippen molar-refractivity contribution in [1.82, 2.24) is 9.13 Å². The highest BCUT2D eigenvalue weighted by atomic mass is 15.0. The molecule has 0 saturated heterocycles. The summed E-state index contributed by atoms with van der Waals surface area (Å²) in [6.07, 6.45) is 0. The third kappa shape index (κ3) is 5.49. The quantitative estimate of drug-likeness (QED) is 0.123. The summed E-state index contributed by atoms with van der Waals surface area (Å²) in [7, 11) is 0. The van der Waals surface area contributed by atoms with Crippen LogP contribution in [0.4, 0.5) is 0 Å². The van der Waals surface area contributed by atoms with Crippen molar-refractivity contribution in [2.24, 2.45) is 0 Å². The lowest BCUT2D eigenvalue weighted by Gasteiger charge is -2.18. The molecule has 0 amide bonds. The first-order chi connectivity index (χ1) is 43.7. The molecule has 0 aliphatic rings. The molecule has 0 saturated carbocycles. The van der Waals surface area contributed by atoms with Gasteiger partial charge in [-0.25, -0.2) is 0 Å². The second kappa shape index (κ2) is 16.2. The zero-order valence-electron chi connectivity index (χ0n) is 47.5. The number of aromatic nitrogens is 2. The van der Waals surface area contributed by atoms with Gasteiger partial charge >= 0.3 is 0 Å². The molecule has 2 heterocycles. The Labute approximate surface area is 502 Å². The molecule has 2 heteroatoms. The van der Waals surface area contributed by atoms with Gasteiger partial charge in [0.05, 0.1) is 33.4 Å². The summed E-state index contributed by atoms with van der Waals surface area (Å²) in [6.45, 7) is 0. The van der Waals surface area contributed by atoms with E-state index in [4.69, 9.17) is 0 Å². The normalized spacial score (nSPS) is 12.8. The maximum absolute atomic E-state index is 2.58. The van der Waals surface area contributed by atoms with E-state index < -0.39 is 0 Å². The Morgan fingerprint density at radius 3 is 0.784 bits per heavy atom. The Hall–Kier alpha value is -11.6. The van der Waals surface area contributed by atoms with Gasteiger partial charge in [-0.1, -0.05) is 231 Å². The van der Waals surface area contributed by atoms with E-state index in [0.29, 0.717) is 0 Å². The summed E-state index contributed by atoms with van der Waals surface area (Å²) in [4.78, 5) is 0. The van der Waals surface area contributed by atoms with Crippen LogP contribution in [-0.2, 0) is 0 Å². The van der Waals surface area contributed by atoms with Crippen LogP contribution in [0.1, 0.15) is 0 Å². The van der Waals surface area contributed by atoms with Crippen LogP contribution in [0.2, 0.25) is 0 Å². The molecule has 22 rings (SSSR count). The van der Waals surface area contributed by atoms with Crippen LogP contribution in [0.25, 0.3) is 217 Å². The lowest BCUT2D eigenvalue weighted by Crippen LogP contribution is -1.96. The Morgan fingerprint density at radius 2 is 0.409 bits per heavy atom. The highest BCUT2D eigenvalue weighted by Gasteiger charge is 2.29. The van der Waals surface area contributed by atoms with Gasteiger partial charge in [-0.2, -0.15) is 0 Å². The highest BCUT2D eigenvalue weighted by Crippen LogP contribution is 2.57. The molecular weight excluding hydrogens is 1060 g/mol. The molecule has 22 aromatic rings. The zero-order valence-corrected chi connectivity index (χ0v) is 47.5. The summed E-state index contributed by atoms with van der Waals surface area (Å²) < 4.78 is 4.97. The Kier molecular flexibility index (Phi) is 8.45. The Bertz CT molecular complexity index is 6500. The smallest absolute Gasteiger partial charge is 0.0541 e. The van der Waals surface area contributed by atoms with E-state index in [2.05, 4.69) is 288 Å². The van der Waals surface area contributed by atoms with Crippen LogP contribution < -0.4 is 0 Å². The molecule has 0 spiro atoms. The second-order valence-electron chi connectivity index (χ2n) is 24.8. The molecule has 88 heavy (non-hydrogen) atoms. The molecule has 0 atom stereocenters. The lowest BCUT2D eigenvalue weighted by atomic mass is 9.85. The van der Waals surface area contributed by atoms with Crippen molar-refractivity contribution in [3.63, 3.8) is 0 Å². The fourth-order valence-corrected chi connectivity index (χ4v) is 17.5. The van der Waals surface area contributed by atoms with Crippen LogP contribution in [0, 0.1) is 0 Å². The molecule has 400 valence electrons. The minimum atomic E-state index is 1.21. The number of nitrogens with zero attached hydrogens (tertiary/aromatic N) is 2. The van der Waals surface area contributed by atoms with Gasteiger partial charge in [0.2, 0.25) is 0 Å². The van der Waals surface area contributed by atoms with Crippen molar-refractivity contribution >= 4 is 184 Å². The van der Waals surface area contributed by atoms with Gasteiger partial charge in [-0.15, -0.1) is 0 Å². The number of hydrogen-bond acceptors (Lipinski definition) is 0. The first-order valence-electron chi connectivity index (χ1n) is 30.8. The van der Waals surface area contributed by atoms with E-state index in [0.717, 1.165) is 0 Å². The molecule has 0 aliphatic heterocycles. The molecule has 0 radical (unpaired) electrons. The predicted molar refractivity (Wildman–Crippen MR) is 378 cm³/mol. The van der Waals surface area contributed by atoms with E-state index in [1.807, 2.05) is 0 Å². The number of hydrogen-bond donors (Lipinski definition) is 0. The van der Waals surface area contributed by atoms with Crippen molar-refractivity contribution in [3.05, 3.63) is 279 Å². The number of rotatable bonds is 4. The number of para-hydroxylation sites is 4. The first-order valence-corrected chi connectivity index (χ1v) is 30.8. The van der Waals surface area contributed by atoms with Crippen molar-refractivity contribution in [2.45, 2.75) is 0 Å². The SMILES string of the molecule is c1ccc(-c2c3cc4c(cc3c(-c3ccccc3)c3c5ccc6c7ccc(-n8c9ccccc9c9ccccc98)c8cccc(c9ccc(c23)c5c96)c87)c2ccc3c5cccc6c(-n7c8ccccc8c8ccccc87)ccc(c7ccc4c2c73)c65)cc1. The molecule has 0 N–H and O–H groups in total. The second-order valence-corrected chi connectivity index (χ2v) is 24.8. The van der Waals surface area contributed by atoms with Gasteiger partial charge in [0, 0.05) is 32.3 Å². The Balaban J connectivity index is 0.838. The molecule has 2 nitrogen and oxygen atoms in total. The van der Waals surface area contributed by atoms with Gasteiger partial charge in [0.1, 0.15) is 0 Å². The van der Waals surface area contributed by atoms with Crippen molar-refractivity contribution in [2.75, 3.05) is 0 Å². The van der Waals surface area contributed by atoms with Gasteiger partial charge in [-0.3, -0.25) is 0 Å². The zero-order chi connectivity index (χ0) is 56.8. The van der Waals surface area contributed by atoms with E-state index >= 15 is 0 Å². The maximum Gasteiger partial charge on any atom is 0.0541 e. The largest absolute Gasteiger partial charge is 0.309 e. The summed E-state index contributed by atoms with van der Waals surface area (Å²) in [6, 6.07) is 106. The minimum Gasteiger partial charge on any atom is -0.309 e. The monoisotopic (exact) mass is 1110 g/mol. The van der Waals surface area contributed by atoms with Gasteiger partial charge < -0.3 is 9.13 Å². The van der Waals surface area contributed by atoms with E-state index in [1.165, 1.54) is 217 Å². The topological polar surface area (TPSA) is 9.86 Å². The minimum absolute atomic E-state index is 1.21. The van der Waals surface area contributed by atoms with Gasteiger partial charge in [0.25, 0.3) is 0 Å². The standard InChI is InChI=1S/C86H46N2/c1-3-17-47(18-4-1)77-70-46-68-62-36-34-59-55-41-43-75(87-71-29-11-7-21-49(71)50-22-8-12-30-72(50)87)63-27-15-25-53(79(55)63)57-33-35-61(83(62)81(57)59)67(68)45-69(70)78(48-19-5-2-6-20-48)86-66-40-38-60-56-42-44-76(88-73-31-13-9-23-51(73)52-24-10-14-32-74(52)88)64-28-16-26-54(80(56)64)58-37-39-65(85(77)86)84(66)82(58)60/h1-46H. The van der Waals surface area contributed by atoms with Gasteiger partial charge in [0.15, 0.2) is 0 Å². The lowest BCUT2D eigenvalue weighted by molar-refractivity contribution is 1.20. The fourth-order valence-electron chi connectivity index (χ4n) is 17.5. The molecule has 0 aliphatic carbocycles. The molecule has 0 bridgehead atoms. The molecule has 0 fully saturated rings. The summed E-state index contributed by atoms with van der Waals surface area (Å²) in [5, 5.41) is 39.0. The van der Waals surface area contributed by atoms with E-state index in [9.17, 15) is 0 Å². The van der Waals surface area contributed by atoms with E-state index in [1.54, 1.807) is 0 Å². The summed E-state index contributed by atoms with van der Waals surface area (Å²) in [5.74, 6) is 0. The van der Waals surface area contributed by atoms with Crippen LogP contribution in [0.5, 0.6) is 0 Å². The van der Waals surface area contributed by atoms with Crippen LogP contribution in [-0.4, -0.2) is 9.13 Å². The molecule has 20 aromatic carbocycles. The van der Waals surface area contributed by atoms with Gasteiger partial charge in [-0.05, 0) is 200 Å². The van der Waals surface area contributed by atoms with Crippen molar-refractivity contribution < 1.29 is 0 Å². The van der Waals surface area contributed by atoms with Crippen molar-refractivity contribution in [1.29, 1.82) is 0 Å². The van der Waals surface area contributed by atoms with Crippen LogP contribution >= 0.6 is 0 Å². The highest BCUT2D eigenvalue weighted by molar-refractivity contribution is 6.48. The number of benzene rings is 18. The third-order valence-corrected chi connectivity index (χ3v) is 20.8. The molecule has 2 aromatic heterocycles. The first kappa shape index (κ1) is 45.8. The average molecular weight is 1110 g/mol. The van der Waals surface area contributed by atoms with E-state index in [-0.39, 0.29) is 0 Å². The third-order valence-electron chi connectivity index (χ3n) is 20.8. The van der Waals surface area contributed by atoms with Crippen LogP contribution in [0.15, 0.2) is 279 Å². The molecule has 0 unspecified atom stereocenters. The molecular formula is C86H46N2. The number of fused-ring (bicyclic) bond motifs is 17. The maximum atomic E-state index is 2.58.